The normalized spacial score (nSPS) is 13.8. The molecule has 0 radical (unpaired) electrons. The molecule has 9 nitrogen and oxygen atoms in total. The Bertz CT molecular complexity index is 1410. The van der Waals surface area contributed by atoms with Crippen molar-refractivity contribution in [2.45, 2.75) is 341 Å². The molecule has 77 heavy (non-hydrogen) atoms. The van der Waals surface area contributed by atoms with E-state index in [-0.39, 0.29) is 31.5 Å². The first kappa shape index (κ1) is 75.2. The molecule has 0 aliphatic carbocycles. The van der Waals surface area contributed by atoms with Crippen molar-refractivity contribution in [3.8, 4) is 0 Å². The largest absolute Gasteiger partial charge is 0.756 e. The number of nitrogens with one attached hydrogen (secondary N) is 1. The summed E-state index contributed by atoms with van der Waals surface area (Å²) in [7, 11) is 1.20. The Labute approximate surface area is 478 Å². The minimum atomic E-state index is -4.69. The van der Waals surface area contributed by atoms with Crippen LogP contribution in [0.25, 0.3) is 0 Å². The second-order valence-corrected chi connectivity index (χ2v) is 25.4. The Morgan fingerprint density at radius 3 is 1.19 bits per heavy atom. The van der Waals surface area contributed by atoms with E-state index in [1.54, 1.807) is 0 Å². The van der Waals surface area contributed by atoms with Crippen molar-refractivity contribution in [3.05, 3.63) is 36.5 Å². The van der Waals surface area contributed by atoms with Crippen molar-refractivity contribution in [1.82, 2.24) is 5.32 Å². The fraction of sp³-hybridized carbons (Fsp3) is 0.881. The van der Waals surface area contributed by atoms with E-state index in [0.29, 0.717) is 17.4 Å². The van der Waals surface area contributed by atoms with Crippen LogP contribution in [0.15, 0.2) is 36.5 Å². The van der Waals surface area contributed by atoms with E-state index in [4.69, 9.17) is 13.8 Å². The number of nitrogens with zero attached hydrogens (tertiary/aromatic N) is 1. The number of ether oxygens (including phenoxy) is 1. The van der Waals surface area contributed by atoms with Gasteiger partial charge in [0.2, 0.25) is 5.91 Å². The number of carbonyl (C=O) groups is 2. The summed E-state index contributed by atoms with van der Waals surface area (Å²) in [6.45, 7) is 6.86. The van der Waals surface area contributed by atoms with Gasteiger partial charge < -0.3 is 28.5 Å². The molecule has 0 spiro atoms. The smallest absolute Gasteiger partial charge is 0.306 e. The summed E-state index contributed by atoms with van der Waals surface area (Å²) in [6, 6.07) is -0.883. The van der Waals surface area contributed by atoms with Crippen molar-refractivity contribution < 1.29 is 37.3 Å². The summed E-state index contributed by atoms with van der Waals surface area (Å²) >= 11 is 0. The molecular weight excluding hydrogens is 976 g/mol. The van der Waals surface area contributed by atoms with Gasteiger partial charge in [0.15, 0.2) is 0 Å². The molecule has 0 aliphatic heterocycles. The quantitative estimate of drug-likeness (QED) is 0.0212. The van der Waals surface area contributed by atoms with Gasteiger partial charge in [0.05, 0.1) is 33.8 Å². The molecule has 0 rings (SSSR count). The van der Waals surface area contributed by atoms with Gasteiger partial charge in [-0.05, 0) is 63.9 Å². The highest BCUT2D eigenvalue weighted by Gasteiger charge is 2.27. The molecule has 0 aliphatic rings. The molecule has 0 fully saturated rings. The Kier molecular flexibility index (Phi) is 56.1. The summed E-state index contributed by atoms with van der Waals surface area (Å²) in [4.78, 5) is 40.0. The van der Waals surface area contributed by atoms with Crippen LogP contribution in [-0.4, -0.2) is 69.4 Å². The summed E-state index contributed by atoms with van der Waals surface area (Å²) in [5, 5.41) is 3.04. The summed E-state index contributed by atoms with van der Waals surface area (Å²) in [5.74, 6) is -0.524. The fourth-order valence-electron chi connectivity index (χ4n) is 9.91. The van der Waals surface area contributed by atoms with Gasteiger partial charge in [-0.25, -0.2) is 0 Å². The topological polar surface area (TPSA) is 114 Å². The maximum atomic E-state index is 13.6. The molecule has 0 saturated heterocycles. The number of likely N-dealkylation sites (N-methyl/N-ethyl adjacent to an activating group) is 1. The third-order valence-corrected chi connectivity index (χ3v) is 16.0. The van der Waals surface area contributed by atoms with Crippen molar-refractivity contribution in [2.75, 3.05) is 40.9 Å². The predicted molar refractivity (Wildman–Crippen MR) is 330 cm³/mol. The summed E-state index contributed by atoms with van der Waals surface area (Å²) in [6.07, 6.45) is 69.7. The van der Waals surface area contributed by atoms with Crippen LogP contribution in [0.5, 0.6) is 0 Å². The van der Waals surface area contributed by atoms with Gasteiger partial charge in [0, 0.05) is 12.8 Å². The van der Waals surface area contributed by atoms with Crippen LogP contribution in [-0.2, 0) is 27.9 Å². The first-order chi connectivity index (χ1) is 37.4. The van der Waals surface area contributed by atoms with Crippen molar-refractivity contribution in [1.29, 1.82) is 0 Å². The molecule has 0 saturated carbocycles. The number of quaternary nitrogens is 1. The van der Waals surface area contributed by atoms with Crippen LogP contribution in [0.4, 0.5) is 0 Å². The maximum absolute atomic E-state index is 13.6. The van der Waals surface area contributed by atoms with E-state index in [9.17, 15) is 19.0 Å². The lowest BCUT2D eigenvalue weighted by Crippen LogP contribution is -2.47. The van der Waals surface area contributed by atoms with Crippen LogP contribution in [0.3, 0.4) is 0 Å². The predicted octanol–water partition coefficient (Wildman–Crippen LogP) is 20.0. The molecule has 0 heterocycles. The Hall–Kier alpha value is -1.77. The third-order valence-electron chi connectivity index (χ3n) is 15.1. The number of allylic oxidation sites excluding steroid dienone is 5. The van der Waals surface area contributed by atoms with Crippen LogP contribution in [0.2, 0.25) is 0 Å². The molecule has 1 N–H and O–H groups in total. The molecule has 1 amide bonds. The number of rotatable bonds is 61. The Morgan fingerprint density at radius 2 is 0.792 bits per heavy atom. The zero-order valence-electron chi connectivity index (χ0n) is 51.9. The highest BCUT2D eigenvalue weighted by molar-refractivity contribution is 7.45. The molecule has 454 valence electrons. The number of hydrogen-bond donors (Lipinski definition) is 1. The van der Waals surface area contributed by atoms with E-state index in [2.05, 4.69) is 50.4 Å². The summed E-state index contributed by atoms with van der Waals surface area (Å²) in [5.41, 5.74) is 0. The molecule has 0 bridgehead atoms. The van der Waals surface area contributed by atoms with Gasteiger partial charge in [0.25, 0.3) is 7.82 Å². The molecule has 3 atom stereocenters. The van der Waals surface area contributed by atoms with E-state index < -0.39 is 20.0 Å². The minimum Gasteiger partial charge on any atom is -0.756 e. The van der Waals surface area contributed by atoms with E-state index in [0.717, 1.165) is 64.2 Å². The summed E-state index contributed by atoms with van der Waals surface area (Å²) < 4.78 is 30.4. The van der Waals surface area contributed by atoms with Crippen LogP contribution < -0.4 is 10.2 Å². The van der Waals surface area contributed by atoms with E-state index in [1.165, 1.54) is 231 Å². The lowest BCUT2D eigenvalue weighted by atomic mass is 10.0. The number of phosphoric ester groups is 1. The van der Waals surface area contributed by atoms with Crippen molar-refractivity contribution >= 4 is 19.7 Å². The zero-order chi connectivity index (χ0) is 56.4. The molecule has 0 aromatic rings. The van der Waals surface area contributed by atoms with Crippen molar-refractivity contribution in [3.63, 3.8) is 0 Å². The SMILES string of the molecule is CCCCC/C=C\C/C=C\CCCCCCCCCCCCCCCCCC(=O)NC(COP(=O)([O-])OCC[N+](C)(C)C)C(/C=C\CCCCCCCCCCCCC)OC(=O)CCCCCCCCCCCCCCC. The van der Waals surface area contributed by atoms with Gasteiger partial charge in [-0.1, -0.05) is 289 Å². The average molecular weight is 1110 g/mol. The number of hydrogen-bond acceptors (Lipinski definition) is 7. The fourth-order valence-corrected chi connectivity index (χ4v) is 10.6. The lowest BCUT2D eigenvalue weighted by Gasteiger charge is -2.30. The van der Waals surface area contributed by atoms with Gasteiger partial charge in [-0.2, -0.15) is 0 Å². The lowest BCUT2D eigenvalue weighted by molar-refractivity contribution is -0.870. The Morgan fingerprint density at radius 1 is 0.455 bits per heavy atom. The third kappa shape index (κ3) is 58.7. The zero-order valence-corrected chi connectivity index (χ0v) is 52.8. The van der Waals surface area contributed by atoms with Gasteiger partial charge in [-0.15, -0.1) is 0 Å². The highest BCUT2D eigenvalue weighted by atomic mass is 31.2. The molecule has 10 heteroatoms. The van der Waals surface area contributed by atoms with Gasteiger partial charge in [0.1, 0.15) is 19.3 Å². The average Bonchev–Trinajstić information content (AvgIpc) is 3.39. The highest BCUT2D eigenvalue weighted by Crippen LogP contribution is 2.38. The monoisotopic (exact) mass is 1100 g/mol. The van der Waals surface area contributed by atoms with Crippen molar-refractivity contribution in [2.24, 2.45) is 0 Å². The minimum absolute atomic E-state index is 0.0191. The number of esters is 1. The molecule has 0 aromatic carbocycles. The molecule has 3 unspecified atom stereocenters. The number of carbonyl (C=O) groups excluding carboxylic acids is 2. The second-order valence-electron chi connectivity index (χ2n) is 24.0. The number of phosphoric acid groups is 1. The number of amides is 1. The first-order valence-corrected chi connectivity index (χ1v) is 34.8. The second kappa shape index (κ2) is 57.5. The van der Waals surface area contributed by atoms with Crippen LogP contribution in [0.1, 0.15) is 329 Å². The Balaban J connectivity index is 5.06. The van der Waals surface area contributed by atoms with Crippen LogP contribution >= 0.6 is 7.82 Å². The van der Waals surface area contributed by atoms with E-state index in [1.807, 2.05) is 33.3 Å². The first-order valence-electron chi connectivity index (χ1n) is 33.3. The van der Waals surface area contributed by atoms with Crippen LogP contribution in [0, 0.1) is 0 Å². The molecular formula is C67H129N2O7P. The molecule has 0 aromatic heterocycles. The van der Waals surface area contributed by atoms with Gasteiger partial charge >= 0.3 is 5.97 Å². The number of unbranched alkanes of at least 4 members (excludes halogenated alkanes) is 41. The standard InChI is InChI=1S/C67H129N2O7P/c1-7-10-13-16-19-22-25-28-29-30-31-32-33-34-35-36-37-38-39-42-44-47-50-53-56-59-66(70)68-64(63-75-77(72,73)74-62-61-69(4,5)6)65(58-55-52-49-46-43-40-26-23-20-17-14-11-8-2)76-67(71)60-57-54-51-48-45-41-27-24-21-18-15-12-9-3/h19,22,28-29,55,58,64-65H,7-18,20-21,23-27,30-54,56-57,59-63H2,1-6H3,(H-,68,70,72,73)/b22-19-,29-28-,58-55-. The van der Waals surface area contributed by atoms with E-state index >= 15 is 0 Å². The van der Waals surface area contributed by atoms with Gasteiger partial charge in [-0.3, -0.25) is 14.2 Å². The maximum Gasteiger partial charge on any atom is 0.306 e.